The molecule has 4 rings (SSSR count). The molecule has 0 aromatic heterocycles. The van der Waals surface area contributed by atoms with Gasteiger partial charge in [-0.15, -0.1) is 0 Å². The van der Waals surface area contributed by atoms with Crippen LogP contribution in [0.2, 0.25) is 10.0 Å². The van der Waals surface area contributed by atoms with Crippen molar-refractivity contribution in [1.82, 2.24) is 10.2 Å². The van der Waals surface area contributed by atoms with Crippen LogP contribution >= 0.6 is 23.2 Å². The van der Waals surface area contributed by atoms with Crippen LogP contribution in [0.4, 0.5) is 5.69 Å². The van der Waals surface area contributed by atoms with E-state index >= 15 is 0 Å². The van der Waals surface area contributed by atoms with E-state index in [4.69, 9.17) is 23.2 Å². The van der Waals surface area contributed by atoms with Gasteiger partial charge in [-0.2, -0.15) is 0 Å². The lowest BCUT2D eigenvalue weighted by atomic mass is 10.0. The van der Waals surface area contributed by atoms with E-state index in [1.807, 2.05) is 67.6 Å². The van der Waals surface area contributed by atoms with Gasteiger partial charge in [-0.1, -0.05) is 108 Å². The van der Waals surface area contributed by atoms with Crippen molar-refractivity contribution in [3.63, 3.8) is 0 Å². The molecule has 0 saturated carbocycles. The second kappa shape index (κ2) is 13.9. The van der Waals surface area contributed by atoms with Gasteiger partial charge in [0.25, 0.3) is 10.0 Å². The van der Waals surface area contributed by atoms with Gasteiger partial charge >= 0.3 is 0 Å². The number of sulfonamides is 1. The highest BCUT2D eigenvalue weighted by Crippen LogP contribution is 2.35. The number of hydrogen-bond acceptors (Lipinski definition) is 4. The third-order valence-corrected chi connectivity index (χ3v) is 9.38. The molecule has 0 unspecified atom stereocenters. The molecular formula is C32H31Cl2N3O4S. The lowest BCUT2D eigenvalue weighted by Gasteiger charge is -2.33. The first-order valence-corrected chi connectivity index (χ1v) is 15.4. The van der Waals surface area contributed by atoms with E-state index in [1.54, 1.807) is 18.2 Å². The molecule has 42 heavy (non-hydrogen) atoms. The molecule has 10 heteroatoms. The van der Waals surface area contributed by atoms with Gasteiger partial charge in [0, 0.05) is 20.0 Å². The third-order valence-electron chi connectivity index (χ3n) is 6.80. The smallest absolute Gasteiger partial charge is 0.264 e. The second-order valence-corrected chi connectivity index (χ2v) is 12.4. The summed E-state index contributed by atoms with van der Waals surface area (Å²) >= 11 is 12.8. The summed E-state index contributed by atoms with van der Waals surface area (Å²) in [5, 5.41) is 2.79. The van der Waals surface area contributed by atoms with E-state index in [1.165, 1.54) is 36.2 Å². The van der Waals surface area contributed by atoms with Gasteiger partial charge in [0.1, 0.15) is 12.6 Å². The molecule has 218 valence electrons. The van der Waals surface area contributed by atoms with E-state index in [-0.39, 0.29) is 39.5 Å². The summed E-state index contributed by atoms with van der Waals surface area (Å²) in [5.74, 6) is -0.966. The standard InChI is InChI=1S/C32H31Cl2N3O4S/c1-23-16-18-26(19-17-23)42(40,41)37(28-15-9-14-27(33)31(28)34)22-30(38)36(21-25-12-7-4-8-13-25)29(32(39)35-2)20-24-10-5-3-6-11-24/h3-19,29H,20-22H2,1-2H3,(H,35,39)/t29-/m0/s1. The van der Waals surface area contributed by atoms with Crippen LogP contribution in [0.15, 0.2) is 108 Å². The average molecular weight is 625 g/mol. The van der Waals surface area contributed by atoms with Crippen molar-refractivity contribution in [2.75, 3.05) is 17.9 Å². The lowest BCUT2D eigenvalue weighted by Crippen LogP contribution is -2.53. The Morgan fingerprint density at radius 3 is 2.00 bits per heavy atom. The second-order valence-electron chi connectivity index (χ2n) is 9.72. The zero-order valence-electron chi connectivity index (χ0n) is 23.2. The van der Waals surface area contributed by atoms with Crippen LogP contribution in [0, 0.1) is 6.92 Å². The summed E-state index contributed by atoms with van der Waals surface area (Å²) < 4.78 is 29.1. The molecule has 7 nitrogen and oxygen atoms in total. The van der Waals surface area contributed by atoms with Crippen LogP contribution in [0.5, 0.6) is 0 Å². The van der Waals surface area contributed by atoms with E-state index in [0.717, 1.165) is 21.0 Å². The Hall–Kier alpha value is -3.85. The molecule has 0 radical (unpaired) electrons. The summed E-state index contributed by atoms with van der Waals surface area (Å²) in [7, 11) is -2.77. The lowest BCUT2D eigenvalue weighted by molar-refractivity contribution is -0.139. The SMILES string of the molecule is CNC(=O)[C@H](Cc1ccccc1)N(Cc1ccccc1)C(=O)CN(c1cccc(Cl)c1Cl)S(=O)(=O)c1ccc(C)cc1. The highest BCUT2D eigenvalue weighted by atomic mass is 35.5. The summed E-state index contributed by atoms with van der Waals surface area (Å²) in [5.41, 5.74) is 2.55. The number of hydrogen-bond donors (Lipinski definition) is 1. The molecule has 0 heterocycles. The Morgan fingerprint density at radius 2 is 1.40 bits per heavy atom. The van der Waals surface area contributed by atoms with Crippen molar-refractivity contribution >= 4 is 50.7 Å². The molecule has 1 atom stereocenters. The minimum atomic E-state index is -4.28. The van der Waals surface area contributed by atoms with Crippen LogP contribution in [0.25, 0.3) is 0 Å². The maximum Gasteiger partial charge on any atom is 0.264 e. The number of likely N-dealkylation sites (N-methyl/N-ethyl adjacent to an activating group) is 1. The first-order chi connectivity index (χ1) is 20.1. The Kier molecular flexibility index (Phi) is 10.3. The van der Waals surface area contributed by atoms with Crippen molar-refractivity contribution in [3.8, 4) is 0 Å². The molecule has 0 aliphatic heterocycles. The zero-order valence-corrected chi connectivity index (χ0v) is 25.5. The Balaban J connectivity index is 1.81. The summed E-state index contributed by atoms with van der Waals surface area (Å²) in [4.78, 5) is 29.0. The number of rotatable bonds is 11. The first kappa shape index (κ1) is 31.1. The first-order valence-electron chi connectivity index (χ1n) is 13.2. The van der Waals surface area contributed by atoms with Crippen molar-refractivity contribution in [3.05, 3.63) is 130 Å². The molecule has 1 N–H and O–H groups in total. The minimum absolute atomic E-state index is 0.00982. The maximum absolute atomic E-state index is 14.3. The van der Waals surface area contributed by atoms with E-state index < -0.39 is 28.5 Å². The highest BCUT2D eigenvalue weighted by Gasteiger charge is 2.35. The van der Waals surface area contributed by atoms with Crippen LogP contribution < -0.4 is 9.62 Å². The molecule has 4 aromatic rings. The van der Waals surface area contributed by atoms with Gasteiger partial charge < -0.3 is 10.2 Å². The Bertz CT molecular complexity index is 1630. The van der Waals surface area contributed by atoms with Gasteiger partial charge in [-0.25, -0.2) is 8.42 Å². The molecule has 0 aliphatic rings. The monoisotopic (exact) mass is 623 g/mol. The highest BCUT2D eigenvalue weighted by molar-refractivity contribution is 7.92. The largest absolute Gasteiger partial charge is 0.357 e. The summed E-state index contributed by atoms with van der Waals surface area (Å²) in [6.07, 6.45) is 0.224. The van der Waals surface area contributed by atoms with Gasteiger partial charge in [-0.3, -0.25) is 13.9 Å². The quantitative estimate of drug-likeness (QED) is 0.226. The van der Waals surface area contributed by atoms with Gasteiger partial charge in [0.15, 0.2) is 0 Å². The van der Waals surface area contributed by atoms with Gasteiger partial charge in [0.2, 0.25) is 11.8 Å². The fraction of sp³-hybridized carbons (Fsp3) is 0.188. The number of aryl methyl sites for hydroxylation is 1. The number of halogens is 2. The van der Waals surface area contributed by atoms with Gasteiger partial charge in [-0.05, 0) is 42.3 Å². The van der Waals surface area contributed by atoms with E-state index in [2.05, 4.69) is 5.32 Å². The average Bonchev–Trinajstić information content (AvgIpc) is 3.00. The topological polar surface area (TPSA) is 86.8 Å². The minimum Gasteiger partial charge on any atom is -0.357 e. The van der Waals surface area contributed by atoms with Crippen molar-refractivity contribution in [2.45, 2.75) is 30.8 Å². The van der Waals surface area contributed by atoms with Crippen LogP contribution in [-0.4, -0.2) is 44.8 Å². The van der Waals surface area contributed by atoms with Crippen LogP contribution in [0.3, 0.4) is 0 Å². The summed E-state index contributed by atoms with van der Waals surface area (Å²) in [6, 6.07) is 28.5. The van der Waals surface area contributed by atoms with Crippen molar-refractivity contribution < 1.29 is 18.0 Å². The van der Waals surface area contributed by atoms with Crippen molar-refractivity contribution in [2.24, 2.45) is 0 Å². The zero-order chi connectivity index (χ0) is 30.3. The van der Waals surface area contributed by atoms with Crippen LogP contribution in [0.1, 0.15) is 16.7 Å². The Morgan fingerprint density at radius 1 is 0.810 bits per heavy atom. The van der Waals surface area contributed by atoms with Crippen molar-refractivity contribution in [1.29, 1.82) is 0 Å². The molecule has 4 aromatic carbocycles. The van der Waals surface area contributed by atoms with Crippen LogP contribution in [-0.2, 0) is 32.6 Å². The normalized spacial score (nSPS) is 11.9. The number of amides is 2. The number of nitrogens with one attached hydrogen (secondary N) is 1. The molecule has 0 bridgehead atoms. The molecule has 0 fully saturated rings. The van der Waals surface area contributed by atoms with Gasteiger partial charge in [0.05, 0.1) is 20.6 Å². The molecule has 0 aliphatic carbocycles. The van der Waals surface area contributed by atoms with E-state index in [9.17, 15) is 18.0 Å². The predicted octanol–water partition coefficient (Wildman–Crippen LogP) is 5.88. The number of benzene rings is 4. The Labute approximate surface area is 256 Å². The number of nitrogens with zero attached hydrogens (tertiary/aromatic N) is 2. The molecule has 0 spiro atoms. The predicted molar refractivity (Wildman–Crippen MR) is 167 cm³/mol. The fourth-order valence-corrected chi connectivity index (χ4v) is 6.41. The fourth-order valence-electron chi connectivity index (χ4n) is 4.54. The van der Waals surface area contributed by atoms with E-state index in [0.29, 0.717) is 0 Å². The maximum atomic E-state index is 14.3. The molecule has 2 amide bonds. The molecular weight excluding hydrogens is 593 g/mol. The summed E-state index contributed by atoms with van der Waals surface area (Å²) in [6.45, 7) is 1.30. The molecule has 0 saturated heterocycles. The third kappa shape index (κ3) is 7.31. The number of carbonyl (C=O) groups excluding carboxylic acids is 2. The number of carbonyl (C=O) groups is 2. The number of anilines is 1.